The zero-order valence-corrected chi connectivity index (χ0v) is 12.6. The van der Waals surface area contributed by atoms with Crippen molar-refractivity contribution in [3.05, 3.63) is 0 Å². The Hall–Kier alpha value is -0.0900. The fraction of sp³-hybridized carbons (Fsp3) is 0.929. The summed E-state index contributed by atoms with van der Waals surface area (Å²) >= 11 is 3.60. The zero-order valence-electron chi connectivity index (χ0n) is 11.0. The number of carbonyl (C=O) groups is 1. The Kier molecular flexibility index (Phi) is 5.96. The SMILES string of the molecule is O=C(CC1CCCO1)NCC1CCCCC1CBr. The summed E-state index contributed by atoms with van der Waals surface area (Å²) in [6, 6.07) is 0. The van der Waals surface area contributed by atoms with Crippen LogP contribution in [0.25, 0.3) is 0 Å². The van der Waals surface area contributed by atoms with Gasteiger partial charge in [0.05, 0.1) is 12.5 Å². The van der Waals surface area contributed by atoms with E-state index in [1.165, 1.54) is 25.7 Å². The van der Waals surface area contributed by atoms with Crippen molar-refractivity contribution >= 4 is 21.8 Å². The first-order chi connectivity index (χ1) is 8.79. The van der Waals surface area contributed by atoms with Gasteiger partial charge in [-0.1, -0.05) is 28.8 Å². The van der Waals surface area contributed by atoms with Crippen molar-refractivity contribution in [2.75, 3.05) is 18.5 Å². The van der Waals surface area contributed by atoms with Gasteiger partial charge in [-0.15, -0.1) is 0 Å². The van der Waals surface area contributed by atoms with Crippen LogP contribution in [0.4, 0.5) is 0 Å². The molecule has 2 rings (SSSR count). The predicted molar refractivity (Wildman–Crippen MR) is 75.8 cm³/mol. The highest BCUT2D eigenvalue weighted by Crippen LogP contribution is 2.30. The van der Waals surface area contributed by atoms with Crippen LogP contribution < -0.4 is 5.32 Å². The number of amides is 1. The fourth-order valence-electron chi connectivity index (χ4n) is 3.09. The standard InChI is InChI=1S/C14H24BrNO2/c15-9-11-4-1-2-5-12(11)10-16-14(17)8-13-6-3-7-18-13/h11-13H,1-10H2,(H,16,17). The summed E-state index contributed by atoms with van der Waals surface area (Å²) in [4.78, 5) is 11.8. The number of rotatable bonds is 5. The van der Waals surface area contributed by atoms with E-state index in [1.807, 2.05) is 0 Å². The Morgan fingerprint density at radius 2 is 1.94 bits per heavy atom. The summed E-state index contributed by atoms with van der Waals surface area (Å²) in [7, 11) is 0. The minimum absolute atomic E-state index is 0.167. The lowest BCUT2D eigenvalue weighted by atomic mass is 9.80. The third kappa shape index (κ3) is 4.23. The van der Waals surface area contributed by atoms with Crippen LogP contribution in [0.1, 0.15) is 44.9 Å². The van der Waals surface area contributed by atoms with Gasteiger partial charge in [-0.2, -0.15) is 0 Å². The molecule has 1 aliphatic heterocycles. The van der Waals surface area contributed by atoms with Crippen LogP contribution in [-0.2, 0) is 9.53 Å². The predicted octanol–water partition coefficient (Wildman–Crippen LogP) is 2.87. The first kappa shape index (κ1) is 14.3. The Morgan fingerprint density at radius 1 is 1.17 bits per heavy atom. The number of hydrogen-bond donors (Lipinski definition) is 1. The first-order valence-electron chi connectivity index (χ1n) is 7.24. The lowest BCUT2D eigenvalue weighted by molar-refractivity contribution is -0.123. The summed E-state index contributed by atoms with van der Waals surface area (Å²) in [6.45, 7) is 1.67. The average molecular weight is 318 g/mol. The number of carbonyl (C=O) groups excluding carboxylic acids is 1. The van der Waals surface area contributed by atoms with Crippen molar-refractivity contribution in [1.82, 2.24) is 5.32 Å². The molecule has 0 bridgehead atoms. The highest BCUT2D eigenvalue weighted by atomic mass is 79.9. The van der Waals surface area contributed by atoms with Gasteiger partial charge in [-0.3, -0.25) is 4.79 Å². The van der Waals surface area contributed by atoms with Gasteiger partial charge < -0.3 is 10.1 Å². The number of hydrogen-bond acceptors (Lipinski definition) is 2. The highest BCUT2D eigenvalue weighted by Gasteiger charge is 2.25. The average Bonchev–Trinajstić information content (AvgIpc) is 2.89. The van der Waals surface area contributed by atoms with Gasteiger partial charge >= 0.3 is 0 Å². The van der Waals surface area contributed by atoms with Gasteiger partial charge in [0.25, 0.3) is 0 Å². The molecule has 2 fully saturated rings. The highest BCUT2D eigenvalue weighted by molar-refractivity contribution is 9.09. The van der Waals surface area contributed by atoms with Crippen LogP contribution in [0.5, 0.6) is 0 Å². The van der Waals surface area contributed by atoms with E-state index in [-0.39, 0.29) is 12.0 Å². The van der Waals surface area contributed by atoms with E-state index < -0.39 is 0 Å². The molecule has 3 nitrogen and oxygen atoms in total. The maximum absolute atomic E-state index is 11.8. The van der Waals surface area contributed by atoms with Crippen LogP contribution in [0, 0.1) is 11.8 Å². The molecule has 3 unspecified atom stereocenters. The minimum atomic E-state index is 0.167. The first-order valence-corrected chi connectivity index (χ1v) is 8.36. The zero-order chi connectivity index (χ0) is 12.8. The Balaban J connectivity index is 1.67. The Bertz CT molecular complexity index is 267. The monoisotopic (exact) mass is 317 g/mol. The van der Waals surface area contributed by atoms with Crippen molar-refractivity contribution in [3.8, 4) is 0 Å². The minimum Gasteiger partial charge on any atom is -0.378 e. The van der Waals surface area contributed by atoms with E-state index in [0.29, 0.717) is 12.3 Å². The molecule has 1 amide bonds. The van der Waals surface area contributed by atoms with Crippen molar-refractivity contribution < 1.29 is 9.53 Å². The molecule has 1 heterocycles. The van der Waals surface area contributed by atoms with Gasteiger partial charge in [0.15, 0.2) is 0 Å². The summed E-state index contributed by atoms with van der Waals surface area (Å²) in [5.41, 5.74) is 0. The maximum atomic E-state index is 11.8. The van der Waals surface area contributed by atoms with E-state index in [4.69, 9.17) is 4.74 Å². The van der Waals surface area contributed by atoms with E-state index in [0.717, 1.165) is 37.2 Å². The van der Waals surface area contributed by atoms with Gasteiger partial charge in [0.2, 0.25) is 5.91 Å². The molecule has 0 spiro atoms. The summed E-state index contributed by atoms with van der Waals surface area (Å²) in [6.07, 6.45) is 8.09. The quantitative estimate of drug-likeness (QED) is 0.792. The summed E-state index contributed by atoms with van der Waals surface area (Å²) in [5.74, 6) is 1.56. The van der Waals surface area contributed by atoms with Crippen molar-refractivity contribution in [3.63, 3.8) is 0 Å². The summed E-state index contributed by atoms with van der Waals surface area (Å²) < 4.78 is 5.49. The molecule has 0 aromatic heterocycles. The Labute approximate surface area is 118 Å². The van der Waals surface area contributed by atoms with E-state index in [9.17, 15) is 4.79 Å². The normalized spacial score (nSPS) is 32.4. The molecule has 2 aliphatic rings. The lowest BCUT2D eigenvalue weighted by Gasteiger charge is -2.30. The smallest absolute Gasteiger partial charge is 0.222 e. The second-order valence-electron chi connectivity index (χ2n) is 5.60. The number of alkyl halides is 1. The molecule has 0 aromatic carbocycles. The van der Waals surface area contributed by atoms with Crippen LogP contribution in [0.2, 0.25) is 0 Å². The lowest BCUT2D eigenvalue weighted by Crippen LogP contribution is -2.36. The molecular weight excluding hydrogens is 294 g/mol. The van der Waals surface area contributed by atoms with Gasteiger partial charge in [0, 0.05) is 18.5 Å². The Morgan fingerprint density at radius 3 is 2.61 bits per heavy atom. The van der Waals surface area contributed by atoms with Gasteiger partial charge in [-0.05, 0) is 37.5 Å². The third-order valence-corrected chi connectivity index (χ3v) is 5.09. The largest absolute Gasteiger partial charge is 0.378 e. The molecular formula is C14H24BrNO2. The maximum Gasteiger partial charge on any atom is 0.222 e. The van der Waals surface area contributed by atoms with Gasteiger partial charge in [0.1, 0.15) is 0 Å². The molecule has 1 N–H and O–H groups in total. The second kappa shape index (κ2) is 7.49. The molecule has 4 heteroatoms. The summed E-state index contributed by atoms with van der Waals surface area (Å²) in [5, 5.41) is 4.17. The molecule has 1 saturated carbocycles. The molecule has 104 valence electrons. The molecule has 0 aromatic rings. The van der Waals surface area contributed by atoms with Crippen molar-refractivity contribution in [1.29, 1.82) is 0 Å². The van der Waals surface area contributed by atoms with Crippen molar-refractivity contribution in [2.45, 2.75) is 51.0 Å². The molecule has 1 saturated heterocycles. The van der Waals surface area contributed by atoms with E-state index >= 15 is 0 Å². The topological polar surface area (TPSA) is 38.3 Å². The molecule has 1 aliphatic carbocycles. The number of ether oxygens (including phenoxy) is 1. The van der Waals surface area contributed by atoms with E-state index in [2.05, 4.69) is 21.2 Å². The third-order valence-electron chi connectivity index (χ3n) is 4.26. The van der Waals surface area contributed by atoms with Crippen LogP contribution in [0.3, 0.4) is 0 Å². The van der Waals surface area contributed by atoms with Gasteiger partial charge in [-0.25, -0.2) is 0 Å². The molecule has 0 radical (unpaired) electrons. The van der Waals surface area contributed by atoms with Crippen LogP contribution >= 0.6 is 15.9 Å². The van der Waals surface area contributed by atoms with Crippen LogP contribution in [-0.4, -0.2) is 30.5 Å². The molecule has 18 heavy (non-hydrogen) atoms. The van der Waals surface area contributed by atoms with Crippen LogP contribution in [0.15, 0.2) is 0 Å². The molecule has 3 atom stereocenters. The second-order valence-corrected chi connectivity index (χ2v) is 6.25. The number of halogens is 1. The van der Waals surface area contributed by atoms with E-state index in [1.54, 1.807) is 0 Å². The fourth-order valence-corrected chi connectivity index (χ4v) is 3.94. The van der Waals surface area contributed by atoms with Crippen molar-refractivity contribution in [2.24, 2.45) is 11.8 Å². The number of nitrogens with one attached hydrogen (secondary N) is 1.